The number of alkyl halides is 1. The lowest BCUT2D eigenvalue weighted by atomic mass is 10.2. The molecule has 1 atom stereocenters. The van der Waals surface area contributed by atoms with Gasteiger partial charge in [-0.15, -0.1) is 11.6 Å². The number of aliphatic hydroxyl groups is 1. The molecule has 1 unspecified atom stereocenters. The molecule has 0 amide bonds. The van der Waals surface area contributed by atoms with E-state index >= 15 is 0 Å². The van der Waals surface area contributed by atoms with Crippen molar-refractivity contribution in [3.05, 3.63) is 24.0 Å². The second kappa shape index (κ2) is 8.96. The van der Waals surface area contributed by atoms with Crippen molar-refractivity contribution in [1.82, 2.24) is 0 Å². The highest BCUT2D eigenvalue weighted by molar-refractivity contribution is 6.18. The smallest absolute Gasteiger partial charge is 0.142 e. The van der Waals surface area contributed by atoms with Crippen LogP contribution >= 0.6 is 11.6 Å². The first-order valence-corrected chi connectivity index (χ1v) is 6.60. The third-order valence-corrected chi connectivity index (χ3v) is 2.75. The molecule has 0 aliphatic rings. The molecular formula is C13H19ClFNO3. The first-order valence-electron chi connectivity index (χ1n) is 6.06. The van der Waals surface area contributed by atoms with Gasteiger partial charge in [-0.05, 0) is 12.1 Å². The molecule has 0 saturated carbocycles. The van der Waals surface area contributed by atoms with Crippen molar-refractivity contribution in [1.29, 1.82) is 0 Å². The van der Waals surface area contributed by atoms with Gasteiger partial charge in [0.2, 0.25) is 0 Å². The standard InChI is InChI=1S/C13H19ClFNO3/c1-18-5-2-6-19-13-4-3-10(15)7-12(13)16-9-11(17)8-14/h3-4,7,11,16-17H,2,5-6,8-9H2,1H3. The zero-order valence-electron chi connectivity index (χ0n) is 10.9. The molecule has 0 radical (unpaired) electrons. The molecular weight excluding hydrogens is 273 g/mol. The number of nitrogens with one attached hydrogen (secondary N) is 1. The van der Waals surface area contributed by atoms with Crippen molar-refractivity contribution >= 4 is 17.3 Å². The van der Waals surface area contributed by atoms with Gasteiger partial charge in [-0.25, -0.2) is 4.39 Å². The van der Waals surface area contributed by atoms with E-state index in [-0.39, 0.29) is 18.2 Å². The summed E-state index contributed by atoms with van der Waals surface area (Å²) < 4.78 is 23.6. The number of ether oxygens (including phenoxy) is 2. The molecule has 6 heteroatoms. The van der Waals surface area contributed by atoms with Gasteiger partial charge in [0, 0.05) is 32.7 Å². The first-order chi connectivity index (χ1) is 9.17. The molecule has 108 valence electrons. The molecule has 4 nitrogen and oxygen atoms in total. The lowest BCUT2D eigenvalue weighted by Crippen LogP contribution is -2.21. The Kier molecular flexibility index (Phi) is 7.55. The van der Waals surface area contributed by atoms with Crippen LogP contribution in [0.5, 0.6) is 5.75 Å². The number of hydrogen-bond donors (Lipinski definition) is 2. The van der Waals surface area contributed by atoms with Gasteiger partial charge in [-0.1, -0.05) is 0 Å². The van der Waals surface area contributed by atoms with E-state index in [0.717, 1.165) is 6.42 Å². The van der Waals surface area contributed by atoms with Crippen molar-refractivity contribution < 1.29 is 19.0 Å². The number of benzene rings is 1. The Balaban J connectivity index is 2.58. The molecule has 0 saturated heterocycles. The van der Waals surface area contributed by atoms with Crippen molar-refractivity contribution in [3.8, 4) is 5.75 Å². The van der Waals surface area contributed by atoms with E-state index in [1.54, 1.807) is 13.2 Å². The molecule has 0 spiro atoms. The molecule has 0 aliphatic heterocycles. The summed E-state index contributed by atoms with van der Waals surface area (Å²) >= 11 is 5.50. The second-order valence-corrected chi connectivity index (χ2v) is 4.33. The summed E-state index contributed by atoms with van der Waals surface area (Å²) in [5.41, 5.74) is 0.501. The van der Waals surface area contributed by atoms with Crippen LogP contribution in [0.15, 0.2) is 18.2 Å². The summed E-state index contributed by atoms with van der Waals surface area (Å²) in [5.74, 6) is 0.290. The Hall–Kier alpha value is -1.04. The predicted octanol–water partition coefficient (Wildman–Crippen LogP) is 2.25. The Morgan fingerprint density at radius 2 is 2.21 bits per heavy atom. The SMILES string of the molecule is COCCCOc1ccc(F)cc1NCC(O)CCl. The minimum Gasteiger partial charge on any atom is -0.491 e. The Morgan fingerprint density at radius 1 is 1.42 bits per heavy atom. The number of aliphatic hydroxyl groups excluding tert-OH is 1. The summed E-state index contributed by atoms with van der Waals surface area (Å²) in [4.78, 5) is 0. The van der Waals surface area contributed by atoms with E-state index in [2.05, 4.69) is 5.32 Å². The Bertz CT molecular complexity index is 379. The van der Waals surface area contributed by atoms with Gasteiger partial charge in [-0.3, -0.25) is 0 Å². The molecule has 19 heavy (non-hydrogen) atoms. The van der Waals surface area contributed by atoms with E-state index in [4.69, 9.17) is 21.1 Å². The molecule has 0 aliphatic carbocycles. The monoisotopic (exact) mass is 291 g/mol. The van der Waals surface area contributed by atoms with Crippen LogP contribution in [0.2, 0.25) is 0 Å². The van der Waals surface area contributed by atoms with Gasteiger partial charge < -0.3 is 19.9 Å². The highest BCUT2D eigenvalue weighted by atomic mass is 35.5. The maximum Gasteiger partial charge on any atom is 0.142 e. The maximum absolute atomic E-state index is 13.2. The largest absolute Gasteiger partial charge is 0.491 e. The fourth-order valence-electron chi connectivity index (χ4n) is 1.43. The van der Waals surface area contributed by atoms with Crippen LogP contribution in [-0.2, 0) is 4.74 Å². The number of rotatable bonds is 9. The minimum absolute atomic E-state index is 0.117. The van der Waals surface area contributed by atoms with E-state index < -0.39 is 6.10 Å². The molecule has 0 fully saturated rings. The second-order valence-electron chi connectivity index (χ2n) is 4.02. The normalized spacial score (nSPS) is 12.2. The zero-order chi connectivity index (χ0) is 14.1. The molecule has 2 N–H and O–H groups in total. The van der Waals surface area contributed by atoms with Crippen LogP contribution in [0.3, 0.4) is 0 Å². The fraction of sp³-hybridized carbons (Fsp3) is 0.538. The average molecular weight is 292 g/mol. The number of halogens is 2. The van der Waals surface area contributed by atoms with Crippen LogP contribution in [0, 0.1) is 5.82 Å². The minimum atomic E-state index is -0.689. The van der Waals surface area contributed by atoms with Crippen molar-refractivity contribution in [2.45, 2.75) is 12.5 Å². The van der Waals surface area contributed by atoms with Crippen LogP contribution in [0.1, 0.15) is 6.42 Å². The maximum atomic E-state index is 13.2. The van der Waals surface area contributed by atoms with Gasteiger partial charge in [0.15, 0.2) is 0 Å². The Morgan fingerprint density at radius 3 is 2.89 bits per heavy atom. The van der Waals surface area contributed by atoms with Crippen LogP contribution in [0.4, 0.5) is 10.1 Å². The third kappa shape index (κ3) is 6.09. The summed E-state index contributed by atoms with van der Waals surface area (Å²) in [6, 6.07) is 4.21. The van der Waals surface area contributed by atoms with Crippen LogP contribution in [-0.4, -0.2) is 44.0 Å². The summed E-state index contributed by atoms with van der Waals surface area (Å²) in [6.07, 6.45) is 0.0590. The van der Waals surface area contributed by atoms with Gasteiger partial charge in [0.1, 0.15) is 11.6 Å². The molecule has 0 heterocycles. The van der Waals surface area contributed by atoms with Crippen LogP contribution in [0.25, 0.3) is 0 Å². The van der Waals surface area contributed by atoms with Gasteiger partial charge in [-0.2, -0.15) is 0 Å². The number of methoxy groups -OCH3 is 1. The summed E-state index contributed by atoms with van der Waals surface area (Å²) in [5, 5.41) is 12.3. The van der Waals surface area contributed by atoms with E-state index in [9.17, 15) is 9.50 Å². The highest BCUT2D eigenvalue weighted by Gasteiger charge is 2.08. The molecule has 1 aromatic rings. The van der Waals surface area contributed by atoms with E-state index in [1.807, 2.05) is 0 Å². The van der Waals surface area contributed by atoms with E-state index in [1.165, 1.54) is 12.1 Å². The number of hydrogen-bond acceptors (Lipinski definition) is 4. The van der Waals surface area contributed by atoms with Gasteiger partial charge in [0.05, 0.1) is 24.3 Å². The third-order valence-electron chi connectivity index (χ3n) is 2.40. The molecule has 1 rings (SSSR count). The fourth-order valence-corrected chi connectivity index (χ4v) is 1.54. The summed E-state index contributed by atoms with van der Waals surface area (Å²) in [7, 11) is 1.62. The Labute approximate surface area is 117 Å². The van der Waals surface area contributed by atoms with E-state index in [0.29, 0.717) is 24.7 Å². The average Bonchev–Trinajstić information content (AvgIpc) is 2.42. The van der Waals surface area contributed by atoms with Crippen LogP contribution < -0.4 is 10.1 Å². The van der Waals surface area contributed by atoms with Crippen molar-refractivity contribution in [2.75, 3.05) is 38.1 Å². The summed E-state index contributed by atoms with van der Waals surface area (Å²) in [6.45, 7) is 1.32. The molecule has 0 bridgehead atoms. The van der Waals surface area contributed by atoms with Gasteiger partial charge in [0.25, 0.3) is 0 Å². The highest BCUT2D eigenvalue weighted by Crippen LogP contribution is 2.25. The van der Waals surface area contributed by atoms with Gasteiger partial charge >= 0.3 is 0 Å². The lowest BCUT2D eigenvalue weighted by molar-refractivity contribution is 0.172. The van der Waals surface area contributed by atoms with Crippen molar-refractivity contribution in [3.63, 3.8) is 0 Å². The van der Waals surface area contributed by atoms with Crippen molar-refractivity contribution in [2.24, 2.45) is 0 Å². The molecule has 0 aromatic heterocycles. The first kappa shape index (κ1) is 16.0. The quantitative estimate of drug-likeness (QED) is 0.541. The zero-order valence-corrected chi connectivity index (χ0v) is 11.6. The lowest BCUT2D eigenvalue weighted by Gasteiger charge is -2.15. The predicted molar refractivity (Wildman–Crippen MR) is 73.6 cm³/mol. The number of anilines is 1. The molecule has 1 aromatic carbocycles. The topological polar surface area (TPSA) is 50.7 Å².